The van der Waals surface area contributed by atoms with Gasteiger partial charge >= 0.3 is 20.9 Å². The SMILES string of the molecule is Cc1cccc(C)c1B1N(C)c2cccc(C)c2N1c1cc(C(C)(C)C)cc[n+]1C.Cc1cccc2c1N(c1cc(C(C)(C)C)cc[n+]1C)B(c1c(-c3ccccc3)cccc1-c1ccccc1)N2C.Cc1cccc2c1N(c1cc(C(C)(C)C)cc[n+]1C)B(c1c(C(C)C)cccc1C(C)C)N2C. The van der Waals surface area contributed by atoms with E-state index in [1.54, 1.807) is 0 Å². The van der Waals surface area contributed by atoms with Crippen molar-refractivity contribution in [2.24, 2.45) is 21.1 Å². The Hall–Kier alpha value is -9.80. The number of aromatic nitrogens is 3. The van der Waals surface area contributed by atoms with Gasteiger partial charge in [-0.15, -0.1) is 0 Å². The van der Waals surface area contributed by atoms with Crippen molar-refractivity contribution in [3.8, 4) is 22.3 Å². The second-order valence-electron chi connectivity index (χ2n) is 33.3. The summed E-state index contributed by atoms with van der Waals surface area (Å²) < 4.78 is 6.81. The monoisotopic (exact) mass is 1370 g/mol. The lowest BCUT2D eigenvalue weighted by Gasteiger charge is -2.28. The molecule has 0 spiro atoms. The summed E-state index contributed by atoms with van der Waals surface area (Å²) in [5.74, 6) is 4.52. The van der Waals surface area contributed by atoms with Crippen molar-refractivity contribution in [1.29, 1.82) is 0 Å². The minimum absolute atomic E-state index is 0.0375. The van der Waals surface area contributed by atoms with Gasteiger partial charge in [0.2, 0.25) is 0 Å². The van der Waals surface area contributed by atoms with Gasteiger partial charge in [-0.05, 0) is 198 Å². The summed E-state index contributed by atoms with van der Waals surface area (Å²) in [6.45, 7) is 41.2. The van der Waals surface area contributed by atoms with Crippen molar-refractivity contribution in [3.63, 3.8) is 0 Å². The van der Waals surface area contributed by atoms with Gasteiger partial charge in [-0.1, -0.05) is 242 Å². The molecule has 3 aromatic heterocycles. The van der Waals surface area contributed by atoms with Crippen LogP contribution in [0.4, 0.5) is 51.6 Å². The third kappa shape index (κ3) is 13.9. The summed E-state index contributed by atoms with van der Waals surface area (Å²) in [5.41, 5.74) is 30.4. The summed E-state index contributed by atoms with van der Waals surface area (Å²) in [7, 11) is 13.2. The van der Waals surface area contributed by atoms with Crippen molar-refractivity contribution >= 4 is 88.9 Å². The fraction of sp³-hybridized carbons (Fsp3) is 0.315. The van der Waals surface area contributed by atoms with Crippen molar-refractivity contribution in [2.75, 3.05) is 50.0 Å². The number of benzene rings is 8. The molecule has 0 radical (unpaired) electrons. The molecule has 3 aliphatic rings. The molecule has 14 rings (SSSR count). The molecule has 8 aromatic carbocycles. The van der Waals surface area contributed by atoms with Crippen molar-refractivity contribution in [1.82, 2.24) is 0 Å². The van der Waals surface area contributed by atoms with Gasteiger partial charge in [0.05, 0.1) is 56.8 Å². The lowest BCUT2D eigenvalue weighted by Crippen LogP contribution is -2.58. The van der Waals surface area contributed by atoms with E-state index in [0.717, 1.165) is 0 Å². The fourth-order valence-electron chi connectivity index (χ4n) is 16.2. The average molecular weight is 1380 g/mol. The quantitative estimate of drug-likeness (QED) is 0.100. The number of anilines is 9. The zero-order valence-corrected chi connectivity index (χ0v) is 66.8. The van der Waals surface area contributed by atoms with Crippen LogP contribution >= 0.6 is 0 Å². The molecule has 11 aromatic rings. The van der Waals surface area contributed by atoms with E-state index < -0.39 is 0 Å². The van der Waals surface area contributed by atoms with Gasteiger partial charge in [0.1, 0.15) is 17.1 Å². The third-order valence-corrected chi connectivity index (χ3v) is 22.1. The van der Waals surface area contributed by atoms with Crippen molar-refractivity contribution in [2.45, 2.75) is 153 Å². The zero-order chi connectivity index (χ0) is 74.8. The first kappa shape index (κ1) is 73.9. The van der Waals surface area contributed by atoms with Gasteiger partial charge < -0.3 is 14.4 Å². The van der Waals surface area contributed by atoms with Crippen LogP contribution in [0.5, 0.6) is 0 Å². The molecule has 0 aliphatic carbocycles. The van der Waals surface area contributed by atoms with Crippen LogP contribution in [-0.2, 0) is 37.4 Å². The van der Waals surface area contributed by atoms with Crippen LogP contribution < -0.4 is 59.0 Å². The number of hydrogen-bond donors (Lipinski definition) is 0. The van der Waals surface area contributed by atoms with Crippen LogP contribution in [0.2, 0.25) is 0 Å². The van der Waals surface area contributed by atoms with E-state index in [4.69, 9.17) is 0 Å². The molecule has 0 atom stereocenters. The maximum Gasteiger partial charge on any atom is 0.538 e. The predicted octanol–water partition coefficient (Wildman–Crippen LogP) is 18.5. The lowest BCUT2D eigenvalue weighted by molar-refractivity contribution is -0.658. The van der Waals surface area contributed by atoms with Crippen molar-refractivity contribution in [3.05, 3.63) is 280 Å². The molecule has 9 nitrogen and oxygen atoms in total. The summed E-state index contributed by atoms with van der Waals surface area (Å²) in [5, 5.41) is 0. The largest absolute Gasteiger partial charge is 0.538 e. The highest BCUT2D eigenvalue weighted by molar-refractivity contribution is 6.86. The topological polar surface area (TPSA) is 31.1 Å². The molecule has 12 heteroatoms. The normalized spacial score (nSPS) is 13.6. The van der Waals surface area contributed by atoms with Crippen LogP contribution in [0.15, 0.2) is 225 Å². The number of para-hydroxylation sites is 3. The highest BCUT2D eigenvalue weighted by Gasteiger charge is 2.55. The van der Waals surface area contributed by atoms with E-state index in [-0.39, 0.29) is 37.2 Å². The van der Waals surface area contributed by atoms with Gasteiger partial charge in [0.25, 0.3) is 17.5 Å². The van der Waals surface area contributed by atoms with E-state index in [2.05, 4.69) is 434 Å². The molecule has 0 unspecified atom stereocenters. The highest BCUT2D eigenvalue weighted by atomic mass is 15.3. The number of aryl methyl sites for hydroxylation is 8. The first-order chi connectivity index (χ1) is 49.3. The molecule has 0 saturated heterocycles. The standard InChI is InChI=1S/C36H37BN3.C30H41BN3.C26H33BN3/c1-26-15-13-22-32-35(26)40(33-25-29(36(2,3)4)23-24-38(33)5)37(39(32)6)34-30(27-16-9-7-10-17-27)20-14-21-31(34)28-18-11-8-12-19-28;1-20(2)24-14-12-15-25(21(3)4)28(24)31-33(10)26-16-11-13-22(5)29(26)34(31)27-19-23(30(6,7)8)17-18-32(27)9;1-18-11-9-12-19(2)24(18)27-29(8)22-14-10-13-20(3)25(22)30(27)23-17-21(26(4,5)6)15-16-28(23)7/h7-25H,1-6H3;11-21H,1-10H3;9-17H,1-8H3/q3*+1. The summed E-state index contributed by atoms with van der Waals surface area (Å²) in [6.07, 6.45) is 6.64. The van der Waals surface area contributed by atoms with Gasteiger partial charge in [-0.3, -0.25) is 14.4 Å². The summed E-state index contributed by atoms with van der Waals surface area (Å²) in [6, 6.07) is 75.9. The van der Waals surface area contributed by atoms with Crippen LogP contribution in [0.3, 0.4) is 0 Å². The zero-order valence-electron chi connectivity index (χ0n) is 66.8. The van der Waals surface area contributed by atoms with Gasteiger partial charge in [0.15, 0.2) is 0 Å². The third-order valence-electron chi connectivity index (χ3n) is 22.1. The Morgan fingerprint density at radius 2 is 0.587 bits per heavy atom. The van der Waals surface area contributed by atoms with Crippen LogP contribution in [0, 0.1) is 34.6 Å². The molecular weight excluding hydrogens is 1260 g/mol. The Morgan fingerprint density at radius 1 is 0.308 bits per heavy atom. The summed E-state index contributed by atoms with van der Waals surface area (Å²) in [4.78, 5) is 15.1. The number of fused-ring (bicyclic) bond motifs is 3. The minimum Gasteiger partial charge on any atom is -0.369 e. The molecule has 530 valence electrons. The molecule has 0 fully saturated rings. The molecule has 0 saturated carbocycles. The first-order valence-corrected chi connectivity index (χ1v) is 37.6. The molecule has 3 aliphatic heterocycles. The second kappa shape index (κ2) is 29.0. The number of hydrogen-bond acceptors (Lipinski definition) is 6. The molecular formula is C92H111B3N9+3. The molecule has 0 amide bonds. The minimum atomic E-state index is -0.0517. The Bertz CT molecular complexity index is 4860. The summed E-state index contributed by atoms with van der Waals surface area (Å²) >= 11 is 0. The van der Waals surface area contributed by atoms with Crippen LogP contribution in [0.25, 0.3) is 22.3 Å². The fourth-order valence-corrected chi connectivity index (χ4v) is 16.2. The molecule has 0 N–H and O–H groups in total. The highest BCUT2D eigenvalue weighted by Crippen LogP contribution is 2.48. The lowest BCUT2D eigenvalue weighted by atomic mass is 9.59. The van der Waals surface area contributed by atoms with E-state index in [1.165, 1.54) is 146 Å². The molecule has 0 bridgehead atoms. The van der Waals surface area contributed by atoms with Crippen LogP contribution in [-0.4, -0.2) is 42.1 Å². The number of rotatable bonds is 10. The number of pyridine rings is 3. The Labute approximate surface area is 625 Å². The maximum absolute atomic E-state index is 2.59. The average Bonchev–Trinajstić information content (AvgIpc) is 1.57. The number of nitrogens with zero attached hydrogens (tertiary/aromatic N) is 9. The Kier molecular flexibility index (Phi) is 20.6. The van der Waals surface area contributed by atoms with E-state index in [0.29, 0.717) is 11.8 Å². The van der Waals surface area contributed by atoms with Gasteiger partial charge in [-0.25, -0.2) is 13.7 Å². The first-order valence-electron chi connectivity index (χ1n) is 37.6. The predicted molar refractivity (Wildman–Crippen MR) is 448 cm³/mol. The van der Waals surface area contributed by atoms with Crippen molar-refractivity contribution < 1.29 is 13.7 Å². The van der Waals surface area contributed by atoms with Crippen LogP contribution in [0.1, 0.15) is 157 Å². The van der Waals surface area contributed by atoms with Gasteiger partial charge in [-0.2, -0.15) is 0 Å². The second-order valence-corrected chi connectivity index (χ2v) is 33.3. The van der Waals surface area contributed by atoms with Gasteiger partial charge in [0, 0.05) is 34.6 Å². The smallest absolute Gasteiger partial charge is 0.369 e. The van der Waals surface area contributed by atoms with E-state index >= 15 is 0 Å². The molecule has 104 heavy (non-hydrogen) atoms. The molecule has 6 heterocycles. The van der Waals surface area contributed by atoms with E-state index in [1.807, 2.05) is 0 Å². The Balaban J connectivity index is 0.000000148. The van der Waals surface area contributed by atoms with E-state index in [9.17, 15) is 0 Å². The Morgan fingerprint density at radius 3 is 0.904 bits per heavy atom. The maximum atomic E-state index is 2.59.